The quantitative estimate of drug-likeness (QED) is 0.0984. The molecule has 10 nitrogen and oxygen atoms in total. The minimum atomic E-state index is -4.41. The Labute approximate surface area is 214 Å². The van der Waals surface area contributed by atoms with Crippen LogP contribution in [0.5, 0.6) is 11.5 Å². The largest absolute Gasteiger partial charge is 0.493 e. The third-order valence-electron chi connectivity index (χ3n) is 4.48. The number of methoxy groups -OCH3 is 1. The van der Waals surface area contributed by atoms with Crippen LogP contribution in [-0.4, -0.2) is 26.4 Å². The molecule has 3 aromatic carbocycles. The van der Waals surface area contributed by atoms with E-state index in [9.17, 15) is 28.6 Å². The van der Waals surface area contributed by atoms with Crippen molar-refractivity contribution in [3.05, 3.63) is 91.6 Å². The maximum Gasteiger partial charge on any atom is 0.339 e. The number of nitrogens with zero attached hydrogens (tertiary/aromatic N) is 2. The highest BCUT2D eigenvalue weighted by Crippen LogP contribution is 2.32. The topological polar surface area (TPSA) is 149 Å². The van der Waals surface area contributed by atoms with Crippen molar-refractivity contribution in [1.29, 1.82) is 5.26 Å². The van der Waals surface area contributed by atoms with E-state index in [0.29, 0.717) is 11.3 Å². The van der Waals surface area contributed by atoms with Crippen LogP contribution in [0.2, 0.25) is 0 Å². The third kappa shape index (κ3) is 6.55. The zero-order valence-corrected chi connectivity index (χ0v) is 20.9. The van der Waals surface area contributed by atoms with E-state index in [4.69, 9.17) is 8.92 Å². The van der Waals surface area contributed by atoms with Crippen molar-refractivity contribution in [1.82, 2.24) is 0 Å². The number of carbonyl (C=O) groups excluding carboxylic acids is 1. The number of nitro groups is 1. The van der Waals surface area contributed by atoms with Gasteiger partial charge in [0.25, 0.3) is 11.6 Å². The molecule has 0 saturated heterocycles. The van der Waals surface area contributed by atoms with Crippen molar-refractivity contribution in [3.8, 4) is 17.6 Å². The number of non-ortho nitro benzene ring substituents is 1. The molecule has 178 valence electrons. The standard InChI is InChI=1S/C23H16IN3O7S/c1-33-22-12-15(11-16(14-25)23(28)26-18-8-6-17(24)7-9-18)5-10-21(22)34-35(31,32)20-4-2-3-19(13-20)27(29)30/h2-13H,1H3,(H,26,28)/b16-11-. The predicted octanol–water partition coefficient (Wildman–Crippen LogP) is 4.52. The molecule has 0 aliphatic carbocycles. The lowest BCUT2D eigenvalue weighted by atomic mass is 10.1. The fraction of sp³-hybridized carbons (Fsp3) is 0.0435. The first-order chi connectivity index (χ1) is 16.6. The van der Waals surface area contributed by atoms with Gasteiger partial charge in [0.05, 0.1) is 12.0 Å². The molecule has 0 heterocycles. The average molecular weight is 605 g/mol. The highest BCUT2D eigenvalue weighted by Gasteiger charge is 2.22. The number of nitriles is 1. The number of hydrogen-bond acceptors (Lipinski definition) is 8. The molecule has 0 radical (unpaired) electrons. The van der Waals surface area contributed by atoms with Crippen LogP contribution in [0.4, 0.5) is 11.4 Å². The Balaban J connectivity index is 1.85. The van der Waals surface area contributed by atoms with E-state index in [2.05, 4.69) is 27.9 Å². The van der Waals surface area contributed by atoms with E-state index >= 15 is 0 Å². The van der Waals surface area contributed by atoms with E-state index in [1.165, 1.54) is 37.5 Å². The summed E-state index contributed by atoms with van der Waals surface area (Å²) in [5.41, 5.74) is 0.290. The summed E-state index contributed by atoms with van der Waals surface area (Å²) in [5, 5.41) is 23.0. The SMILES string of the molecule is COc1cc(/C=C(/C#N)C(=O)Nc2ccc(I)cc2)ccc1OS(=O)(=O)c1cccc([N+](=O)[O-])c1. The second-order valence-corrected chi connectivity index (χ2v) is 9.63. The Bertz CT molecular complexity index is 1460. The maximum atomic E-state index is 12.6. The minimum absolute atomic E-state index is 0.00286. The van der Waals surface area contributed by atoms with Gasteiger partial charge in [0, 0.05) is 21.4 Å². The summed E-state index contributed by atoms with van der Waals surface area (Å²) in [7, 11) is -3.13. The first kappa shape index (κ1) is 25.7. The molecule has 0 aromatic heterocycles. The number of nitro benzene ring substituents is 1. The summed E-state index contributed by atoms with van der Waals surface area (Å²) in [6.07, 6.45) is 1.31. The summed E-state index contributed by atoms with van der Waals surface area (Å²) in [6.45, 7) is 0. The Morgan fingerprint density at radius 3 is 2.46 bits per heavy atom. The maximum absolute atomic E-state index is 12.6. The predicted molar refractivity (Wildman–Crippen MR) is 135 cm³/mol. The van der Waals surface area contributed by atoms with Gasteiger partial charge in [-0.2, -0.15) is 13.7 Å². The second-order valence-electron chi connectivity index (χ2n) is 6.83. The van der Waals surface area contributed by atoms with E-state index in [1.807, 2.05) is 6.07 Å². The number of benzene rings is 3. The van der Waals surface area contributed by atoms with Crippen LogP contribution in [0.25, 0.3) is 6.08 Å². The number of nitrogens with one attached hydrogen (secondary N) is 1. The molecule has 35 heavy (non-hydrogen) atoms. The van der Waals surface area contributed by atoms with Crippen LogP contribution in [0.15, 0.2) is 77.2 Å². The van der Waals surface area contributed by atoms with Crippen LogP contribution >= 0.6 is 22.6 Å². The van der Waals surface area contributed by atoms with Gasteiger partial charge in [-0.15, -0.1) is 0 Å². The summed E-state index contributed by atoms with van der Waals surface area (Å²) in [5.74, 6) is -0.803. The van der Waals surface area contributed by atoms with E-state index in [1.54, 1.807) is 24.3 Å². The molecule has 0 spiro atoms. The van der Waals surface area contributed by atoms with E-state index in [0.717, 1.165) is 21.8 Å². The molecule has 0 fully saturated rings. The fourth-order valence-electron chi connectivity index (χ4n) is 2.81. The van der Waals surface area contributed by atoms with Crippen molar-refractivity contribution in [3.63, 3.8) is 0 Å². The molecule has 0 bridgehead atoms. The van der Waals surface area contributed by atoms with Gasteiger partial charge >= 0.3 is 10.1 Å². The van der Waals surface area contributed by atoms with Crippen LogP contribution in [-0.2, 0) is 14.9 Å². The fourth-order valence-corrected chi connectivity index (χ4v) is 4.15. The number of rotatable bonds is 8. The molecule has 0 atom stereocenters. The smallest absolute Gasteiger partial charge is 0.339 e. The highest BCUT2D eigenvalue weighted by molar-refractivity contribution is 14.1. The summed E-state index contributed by atoms with van der Waals surface area (Å²) in [6, 6.07) is 17.4. The molecule has 1 amide bonds. The first-order valence-corrected chi connectivity index (χ1v) is 12.2. The lowest BCUT2D eigenvalue weighted by molar-refractivity contribution is -0.385. The van der Waals surface area contributed by atoms with Crippen LogP contribution in [0, 0.1) is 25.0 Å². The normalized spacial score (nSPS) is 11.3. The average Bonchev–Trinajstić information content (AvgIpc) is 2.84. The molecule has 0 aliphatic rings. The number of amides is 1. The third-order valence-corrected chi connectivity index (χ3v) is 6.43. The van der Waals surface area contributed by atoms with Gasteiger partial charge in [-0.1, -0.05) is 12.1 Å². The summed E-state index contributed by atoms with van der Waals surface area (Å²) in [4.78, 5) is 22.3. The Morgan fingerprint density at radius 1 is 1.11 bits per heavy atom. The van der Waals surface area contributed by atoms with Gasteiger partial charge in [0.1, 0.15) is 16.5 Å². The number of carbonyl (C=O) groups is 1. The molecule has 1 N–H and O–H groups in total. The van der Waals surface area contributed by atoms with Crippen LogP contribution in [0.3, 0.4) is 0 Å². The Hall–Kier alpha value is -3.96. The van der Waals surface area contributed by atoms with Gasteiger partial charge in [0.15, 0.2) is 11.5 Å². The Kier molecular flexibility index (Phi) is 8.05. The first-order valence-electron chi connectivity index (χ1n) is 9.68. The van der Waals surface area contributed by atoms with Gasteiger partial charge in [-0.05, 0) is 76.7 Å². The van der Waals surface area contributed by atoms with Gasteiger partial charge < -0.3 is 14.2 Å². The summed E-state index contributed by atoms with van der Waals surface area (Å²) < 4.78 is 36.6. The van der Waals surface area contributed by atoms with Crippen molar-refractivity contribution in [2.75, 3.05) is 12.4 Å². The number of halogens is 1. The second kappa shape index (κ2) is 11.0. The van der Waals surface area contributed by atoms with E-state index < -0.39 is 31.5 Å². The molecule has 0 saturated carbocycles. The molecule has 3 aromatic rings. The van der Waals surface area contributed by atoms with Crippen LogP contribution < -0.4 is 14.2 Å². The van der Waals surface area contributed by atoms with Crippen molar-refractivity contribution < 1.29 is 27.1 Å². The van der Waals surface area contributed by atoms with Gasteiger partial charge in [0.2, 0.25) is 0 Å². The Morgan fingerprint density at radius 2 is 1.83 bits per heavy atom. The molecular formula is C23H16IN3O7S. The van der Waals surface area contributed by atoms with E-state index in [-0.39, 0.29) is 17.1 Å². The number of hydrogen-bond donors (Lipinski definition) is 1. The molecular weight excluding hydrogens is 589 g/mol. The van der Waals surface area contributed by atoms with Crippen molar-refractivity contribution in [2.24, 2.45) is 0 Å². The van der Waals surface area contributed by atoms with Gasteiger partial charge in [-0.3, -0.25) is 14.9 Å². The minimum Gasteiger partial charge on any atom is -0.493 e. The lowest BCUT2D eigenvalue weighted by Crippen LogP contribution is -2.13. The highest BCUT2D eigenvalue weighted by atomic mass is 127. The zero-order valence-electron chi connectivity index (χ0n) is 18.0. The monoisotopic (exact) mass is 605 g/mol. The zero-order chi connectivity index (χ0) is 25.6. The summed E-state index contributed by atoms with van der Waals surface area (Å²) >= 11 is 2.13. The van der Waals surface area contributed by atoms with Crippen molar-refractivity contribution >= 4 is 56.1 Å². The molecule has 0 aliphatic heterocycles. The molecule has 0 unspecified atom stereocenters. The lowest BCUT2D eigenvalue weighted by Gasteiger charge is -2.11. The van der Waals surface area contributed by atoms with Crippen molar-refractivity contribution in [2.45, 2.75) is 4.90 Å². The number of anilines is 1. The number of ether oxygens (including phenoxy) is 1. The molecule has 12 heteroatoms. The van der Waals surface area contributed by atoms with Gasteiger partial charge in [-0.25, -0.2) is 0 Å². The van der Waals surface area contributed by atoms with Crippen LogP contribution in [0.1, 0.15) is 5.56 Å². The molecule has 3 rings (SSSR count).